The Hall–Kier alpha value is -3.15. The van der Waals surface area contributed by atoms with Crippen molar-refractivity contribution in [3.05, 3.63) is 72.2 Å². The van der Waals surface area contributed by atoms with E-state index >= 15 is 0 Å². The molecular formula is C17H13FN4O. The first-order valence-corrected chi connectivity index (χ1v) is 6.94. The van der Waals surface area contributed by atoms with Gasteiger partial charge in [-0.3, -0.25) is 9.78 Å². The number of nitrogens with one attached hydrogen (secondary N) is 1. The highest BCUT2D eigenvalue weighted by atomic mass is 19.1. The largest absolute Gasteiger partial charge is 0.305 e. The van der Waals surface area contributed by atoms with Gasteiger partial charge < -0.3 is 5.32 Å². The Labute approximate surface area is 132 Å². The molecule has 0 saturated carbocycles. The molecule has 0 radical (unpaired) electrons. The van der Waals surface area contributed by atoms with E-state index in [1.165, 1.54) is 18.5 Å². The van der Waals surface area contributed by atoms with E-state index in [0.717, 1.165) is 5.56 Å². The van der Waals surface area contributed by atoms with E-state index in [4.69, 9.17) is 0 Å². The summed E-state index contributed by atoms with van der Waals surface area (Å²) in [6.45, 7) is 1.85. The van der Waals surface area contributed by atoms with Gasteiger partial charge in [0.25, 0.3) is 5.91 Å². The molecule has 3 heterocycles. The minimum absolute atomic E-state index is 0.281. The van der Waals surface area contributed by atoms with E-state index < -0.39 is 11.7 Å². The maximum atomic E-state index is 14.7. The van der Waals surface area contributed by atoms with Crippen LogP contribution in [-0.2, 0) is 0 Å². The van der Waals surface area contributed by atoms with Crippen molar-refractivity contribution in [3.8, 4) is 11.1 Å². The number of anilines is 1. The summed E-state index contributed by atoms with van der Waals surface area (Å²) in [7, 11) is 0. The smallest absolute Gasteiger partial charge is 0.278 e. The minimum Gasteiger partial charge on any atom is -0.305 e. The molecule has 3 aromatic heterocycles. The quantitative estimate of drug-likeness (QED) is 0.806. The van der Waals surface area contributed by atoms with Crippen molar-refractivity contribution in [3.63, 3.8) is 0 Å². The first-order valence-electron chi connectivity index (χ1n) is 6.94. The summed E-state index contributed by atoms with van der Waals surface area (Å²) in [6, 6.07) is 8.37. The highest BCUT2D eigenvalue weighted by molar-refractivity contribution is 6.03. The number of carbonyl (C=O) groups excluding carboxylic acids is 1. The maximum Gasteiger partial charge on any atom is 0.278 e. The molecule has 1 amide bonds. The predicted molar refractivity (Wildman–Crippen MR) is 84.4 cm³/mol. The number of nitrogens with zero attached hydrogens (tertiary/aromatic N) is 3. The molecule has 0 aromatic carbocycles. The number of pyridine rings is 3. The van der Waals surface area contributed by atoms with Gasteiger partial charge in [0.2, 0.25) is 0 Å². The van der Waals surface area contributed by atoms with Crippen LogP contribution in [0.25, 0.3) is 11.1 Å². The summed E-state index contributed by atoms with van der Waals surface area (Å²) in [5.41, 5.74) is 1.49. The molecule has 0 fully saturated rings. The van der Waals surface area contributed by atoms with Crippen molar-refractivity contribution >= 4 is 11.7 Å². The van der Waals surface area contributed by atoms with E-state index in [2.05, 4.69) is 20.3 Å². The molecule has 0 unspecified atom stereocenters. The van der Waals surface area contributed by atoms with E-state index in [9.17, 15) is 9.18 Å². The van der Waals surface area contributed by atoms with Crippen LogP contribution in [0.1, 0.15) is 16.1 Å². The van der Waals surface area contributed by atoms with Crippen molar-refractivity contribution in [2.75, 3.05) is 5.32 Å². The van der Waals surface area contributed by atoms with Crippen molar-refractivity contribution in [2.45, 2.75) is 6.92 Å². The zero-order valence-electron chi connectivity index (χ0n) is 12.3. The lowest BCUT2D eigenvalue weighted by Gasteiger charge is -2.09. The van der Waals surface area contributed by atoms with Crippen LogP contribution in [0.5, 0.6) is 0 Å². The fraction of sp³-hybridized carbons (Fsp3) is 0.0588. The molecule has 0 aliphatic carbocycles. The average Bonchev–Trinajstić information content (AvgIpc) is 2.57. The van der Waals surface area contributed by atoms with Gasteiger partial charge >= 0.3 is 0 Å². The predicted octanol–water partition coefficient (Wildman–Crippen LogP) is 3.24. The molecule has 0 bridgehead atoms. The molecule has 6 heteroatoms. The summed E-state index contributed by atoms with van der Waals surface area (Å²) in [4.78, 5) is 24.1. The number of carbonyl (C=O) groups is 1. The molecule has 0 aliphatic heterocycles. The minimum atomic E-state index is -0.683. The molecule has 23 heavy (non-hydrogen) atoms. The van der Waals surface area contributed by atoms with Crippen LogP contribution in [0.2, 0.25) is 0 Å². The highest BCUT2D eigenvalue weighted by Crippen LogP contribution is 2.26. The Bertz CT molecular complexity index is 852. The first kappa shape index (κ1) is 14.8. The summed E-state index contributed by atoms with van der Waals surface area (Å²) >= 11 is 0. The number of aromatic nitrogens is 3. The van der Waals surface area contributed by atoms with Gasteiger partial charge in [-0.15, -0.1) is 0 Å². The molecule has 114 valence electrons. The third kappa shape index (κ3) is 3.06. The lowest BCUT2D eigenvalue weighted by Crippen LogP contribution is -2.16. The van der Waals surface area contributed by atoms with Gasteiger partial charge in [-0.25, -0.2) is 14.4 Å². The van der Waals surface area contributed by atoms with Crippen molar-refractivity contribution in [1.29, 1.82) is 0 Å². The Morgan fingerprint density at radius 1 is 1.04 bits per heavy atom. The average molecular weight is 308 g/mol. The van der Waals surface area contributed by atoms with Crippen LogP contribution >= 0.6 is 0 Å². The van der Waals surface area contributed by atoms with Gasteiger partial charge in [-0.2, -0.15) is 0 Å². The number of aryl methyl sites for hydroxylation is 1. The van der Waals surface area contributed by atoms with E-state index in [0.29, 0.717) is 11.4 Å². The van der Waals surface area contributed by atoms with Crippen LogP contribution in [0.3, 0.4) is 0 Å². The van der Waals surface area contributed by atoms with Crippen LogP contribution in [-0.4, -0.2) is 20.9 Å². The van der Waals surface area contributed by atoms with Gasteiger partial charge in [0, 0.05) is 35.9 Å². The van der Waals surface area contributed by atoms with Crippen LogP contribution < -0.4 is 5.32 Å². The van der Waals surface area contributed by atoms with E-state index in [1.807, 2.05) is 6.92 Å². The van der Waals surface area contributed by atoms with Gasteiger partial charge in [-0.05, 0) is 36.8 Å². The SMILES string of the molecule is Cc1ccncc1-c1ccnc(C(=O)Nc2ccccn2)c1F. The third-order valence-corrected chi connectivity index (χ3v) is 3.34. The molecule has 3 rings (SSSR count). The number of rotatable bonds is 3. The van der Waals surface area contributed by atoms with Gasteiger partial charge in [0.05, 0.1) is 0 Å². The summed E-state index contributed by atoms with van der Waals surface area (Å²) in [5, 5.41) is 2.52. The fourth-order valence-corrected chi connectivity index (χ4v) is 2.17. The monoisotopic (exact) mass is 308 g/mol. The van der Waals surface area contributed by atoms with Gasteiger partial charge in [-0.1, -0.05) is 6.07 Å². The summed E-state index contributed by atoms with van der Waals surface area (Å²) < 4.78 is 14.7. The zero-order chi connectivity index (χ0) is 16.2. The first-order chi connectivity index (χ1) is 11.2. The Balaban J connectivity index is 1.97. The summed E-state index contributed by atoms with van der Waals surface area (Å²) in [6.07, 6.45) is 6.13. The van der Waals surface area contributed by atoms with Crippen molar-refractivity contribution in [2.24, 2.45) is 0 Å². The lowest BCUT2D eigenvalue weighted by atomic mass is 10.0. The zero-order valence-corrected chi connectivity index (χ0v) is 12.3. The Morgan fingerprint density at radius 2 is 1.91 bits per heavy atom. The highest BCUT2D eigenvalue weighted by Gasteiger charge is 2.19. The van der Waals surface area contributed by atoms with E-state index in [1.54, 1.807) is 36.7 Å². The van der Waals surface area contributed by atoms with Crippen molar-refractivity contribution in [1.82, 2.24) is 15.0 Å². The number of halogens is 1. The van der Waals surface area contributed by atoms with Crippen LogP contribution in [0.15, 0.2) is 55.1 Å². The van der Waals surface area contributed by atoms with E-state index in [-0.39, 0.29) is 11.3 Å². The Kier molecular flexibility index (Phi) is 4.05. The number of hydrogen-bond donors (Lipinski definition) is 1. The summed E-state index contributed by atoms with van der Waals surface area (Å²) in [5.74, 6) is -0.997. The third-order valence-electron chi connectivity index (χ3n) is 3.34. The molecule has 1 N–H and O–H groups in total. The molecule has 0 atom stereocenters. The second-order valence-electron chi connectivity index (χ2n) is 4.88. The maximum absolute atomic E-state index is 14.7. The normalized spacial score (nSPS) is 10.3. The molecule has 3 aromatic rings. The van der Waals surface area contributed by atoms with Crippen LogP contribution in [0, 0.1) is 12.7 Å². The lowest BCUT2D eigenvalue weighted by molar-refractivity contribution is 0.101. The van der Waals surface area contributed by atoms with Crippen molar-refractivity contribution < 1.29 is 9.18 Å². The molecule has 0 aliphatic rings. The molecule has 0 saturated heterocycles. The standard InChI is InChI=1S/C17H13FN4O/c1-11-5-8-19-10-13(11)12-6-9-21-16(15(12)18)17(23)22-14-4-2-3-7-20-14/h2-10H,1H3,(H,20,22,23). The second-order valence-corrected chi connectivity index (χ2v) is 4.88. The number of hydrogen-bond acceptors (Lipinski definition) is 4. The second kappa shape index (κ2) is 6.31. The molecule has 0 spiro atoms. The fourth-order valence-electron chi connectivity index (χ4n) is 2.17. The van der Waals surface area contributed by atoms with Gasteiger partial charge in [0.15, 0.2) is 11.5 Å². The Morgan fingerprint density at radius 3 is 2.65 bits per heavy atom. The number of amides is 1. The van der Waals surface area contributed by atoms with Crippen LogP contribution in [0.4, 0.5) is 10.2 Å². The topological polar surface area (TPSA) is 67.8 Å². The molecular weight excluding hydrogens is 295 g/mol. The molecule has 5 nitrogen and oxygen atoms in total. The van der Waals surface area contributed by atoms with Gasteiger partial charge in [0.1, 0.15) is 5.82 Å².